The molecule has 2 atom stereocenters. The van der Waals surface area contributed by atoms with Gasteiger partial charge in [-0.1, -0.05) is 30.3 Å². The van der Waals surface area contributed by atoms with Gasteiger partial charge in [0.25, 0.3) is 0 Å². The Balaban J connectivity index is 2.18. The molecule has 0 aromatic heterocycles. The summed E-state index contributed by atoms with van der Waals surface area (Å²) in [6, 6.07) is 8.67. The van der Waals surface area contributed by atoms with E-state index in [4.69, 9.17) is 4.18 Å². The second kappa shape index (κ2) is 6.79. The summed E-state index contributed by atoms with van der Waals surface area (Å²) >= 11 is -1.68. The molecule has 6 heteroatoms. The van der Waals surface area contributed by atoms with Gasteiger partial charge in [0.05, 0.1) is 7.11 Å². The van der Waals surface area contributed by atoms with Crippen LogP contribution in [0.4, 0.5) is 0 Å². The van der Waals surface area contributed by atoms with E-state index in [-0.39, 0.29) is 5.91 Å². The van der Waals surface area contributed by atoms with Crippen molar-refractivity contribution in [3.05, 3.63) is 35.9 Å². The van der Waals surface area contributed by atoms with Gasteiger partial charge in [0.1, 0.15) is 6.04 Å². The maximum atomic E-state index is 12.5. The van der Waals surface area contributed by atoms with Crippen LogP contribution in [0.1, 0.15) is 24.4 Å². The topological polar surface area (TPSA) is 58.6 Å². The van der Waals surface area contributed by atoms with Gasteiger partial charge in [-0.15, -0.1) is 0 Å². The van der Waals surface area contributed by atoms with Crippen molar-refractivity contribution in [2.75, 3.05) is 20.2 Å². The van der Waals surface area contributed by atoms with Crippen molar-refractivity contribution in [2.24, 2.45) is 0 Å². The normalized spacial score (nSPS) is 18.3. The Morgan fingerprint density at radius 1 is 1.32 bits per heavy atom. The molecule has 2 rings (SSSR count). The van der Waals surface area contributed by atoms with Gasteiger partial charge < -0.3 is 4.90 Å². The van der Waals surface area contributed by atoms with Gasteiger partial charge in [0.15, 0.2) is 0 Å². The van der Waals surface area contributed by atoms with Crippen molar-refractivity contribution in [1.82, 2.24) is 9.62 Å². The van der Waals surface area contributed by atoms with E-state index in [1.165, 1.54) is 7.11 Å². The quantitative estimate of drug-likeness (QED) is 0.882. The molecule has 1 aromatic rings. The zero-order valence-electron chi connectivity index (χ0n) is 10.9. The van der Waals surface area contributed by atoms with Crippen LogP contribution in [0.2, 0.25) is 0 Å². The van der Waals surface area contributed by atoms with Gasteiger partial charge in [-0.2, -0.15) is 4.72 Å². The van der Waals surface area contributed by atoms with Crippen molar-refractivity contribution in [2.45, 2.75) is 18.9 Å². The molecule has 1 saturated heterocycles. The van der Waals surface area contributed by atoms with E-state index in [0.717, 1.165) is 31.5 Å². The van der Waals surface area contributed by atoms with Crippen LogP contribution in [0.3, 0.4) is 0 Å². The highest BCUT2D eigenvalue weighted by molar-refractivity contribution is 7.78. The minimum absolute atomic E-state index is 0.0471. The lowest BCUT2D eigenvalue weighted by Gasteiger charge is -2.23. The molecule has 0 aliphatic carbocycles. The van der Waals surface area contributed by atoms with Gasteiger partial charge >= 0.3 is 0 Å². The first-order chi connectivity index (χ1) is 9.22. The van der Waals surface area contributed by atoms with E-state index in [1.807, 2.05) is 30.3 Å². The maximum Gasteiger partial charge on any atom is 0.245 e. The van der Waals surface area contributed by atoms with Crippen LogP contribution in [0.15, 0.2) is 30.3 Å². The van der Waals surface area contributed by atoms with Gasteiger partial charge in [0.2, 0.25) is 17.2 Å². The Morgan fingerprint density at radius 3 is 2.53 bits per heavy atom. The van der Waals surface area contributed by atoms with Crippen LogP contribution in [0.25, 0.3) is 0 Å². The fourth-order valence-electron chi connectivity index (χ4n) is 2.17. The van der Waals surface area contributed by atoms with Crippen molar-refractivity contribution in [3.8, 4) is 0 Å². The molecule has 1 N–H and O–H groups in total. The standard InChI is InChI=1S/C13H18N2O3S/c1-18-19(17)14-12(11-7-3-2-4-8-11)13(16)15-9-5-6-10-15/h2-4,7-8,12,14H,5-6,9-10H2,1H3. The summed E-state index contributed by atoms with van der Waals surface area (Å²) in [5.74, 6) is -0.0471. The second-order valence-corrected chi connectivity index (χ2v) is 5.43. The Labute approximate surface area is 115 Å². The number of hydrogen-bond donors (Lipinski definition) is 1. The lowest BCUT2D eigenvalue weighted by atomic mass is 10.1. The number of carbonyl (C=O) groups excluding carboxylic acids is 1. The highest BCUT2D eigenvalue weighted by atomic mass is 32.2. The minimum Gasteiger partial charge on any atom is -0.341 e. The number of likely N-dealkylation sites (tertiary alicyclic amines) is 1. The molecule has 1 amide bonds. The molecular formula is C13H18N2O3S. The molecule has 5 nitrogen and oxygen atoms in total. The SMILES string of the molecule is COS(=O)NC(C(=O)N1CCCC1)c1ccccc1. The third kappa shape index (κ3) is 3.62. The fourth-order valence-corrected chi connectivity index (χ4v) is 2.70. The molecule has 0 bridgehead atoms. The lowest BCUT2D eigenvalue weighted by Crippen LogP contribution is -2.40. The number of benzene rings is 1. The molecule has 2 unspecified atom stereocenters. The summed E-state index contributed by atoms with van der Waals surface area (Å²) in [5, 5.41) is 0. The maximum absolute atomic E-state index is 12.5. The first kappa shape index (κ1) is 14.2. The molecule has 19 heavy (non-hydrogen) atoms. The van der Waals surface area contributed by atoms with E-state index in [1.54, 1.807) is 4.90 Å². The molecule has 0 saturated carbocycles. The Morgan fingerprint density at radius 2 is 1.95 bits per heavy atom. The minimum atomic E-state index is -1.68. The Hall–Kier alpha value is -1.24. The number of nitrogens with zero attached hydrogens (tertiary/aromatic N) is 1. The van der Waals surface area contributed by atoms with E-state index >= 15 is 0 Å². The van der Waals surface area contributed by atoms with Crippen LogP contribution in [0, 0.1) is 0 Å². The summed E-state index contributed by atoms with van der Waals surface area (Å²) in [7, 11) is 1.34. The molecule has 1 heterocycles. The summed E-state index contributed by atoms with van der Waals surface area (Å²) in [5.41, 5.74) is 0.796. The number of hydrogen-bond acceptors (Lipinski definition) is 3. The number of amides is 1. The summed E-state index contributed by atoms with van der Waals surface area (Å²) in [6.07, 6.45) is 2.06. The van der Waals surface area contributed by atoms with Crippen molar-refractivity contribution in [3.63, 3.8) is 0 Å². The highest BCUT2D eigenvalue weighted by Crippen LogP contribution is 2.19. The molecule has 1 aromatic carbocycles. The average molecular weight is 282 g/mol. The largest absolute Gasteiger partial charge is 0.341 e. The molecule has 1 aliphatic heterocycles. The van der Waals surface area contributed by atoms with Crippen molar-refractivity contribution < 1.29 is 13.2 Å². The first-order valence-electron chi connectivity index (χ1n) is 6.28. The van der Waals surface area contributed by atoms with Gasteiger partial charge in [-0.3, -0.25) is 8.98 Å². The van der Waals surface area contributed by atoms with Gasteiger partial charge in [-0.25, -0.2) is 4.21 Å². The molecule has 0 spiro atoms. The number of nitrogens with one attached hydrogen (secondary N) is 1. The fraction of sp³-hybridized carbons (Fsp3) is 0.462. The smallest absolute Gasteiger partial charge is 0.245 e. The third-order valence-corrected chi connectivity index (χ3v) is 3.89. The first-order valence-corrected chi connectivity index (χ1v) is 7.36. The predicted octanol–water partition coefficient (Wildman–Crippen LogP) is 1.16. The Bertz CT molecular complexity index is 446. The van der Waals surface area contributed by atoms with Crippen LogP contribution >= 0.6 is 0 Å². The van der Waals surface area contributed by atoms with Crippen LogP contribution < -0.4 is 4.72 Å². The van der Waals surface area contributed by atoms with Crippen LogP contribution in [0.5, 0.6) is 0 Å². The Kier molecular flexibility index (Phi) is 5.07. The zero-order valence-corrected chi connectivity index (χ0v) is 11.7. The van der Waals surface area contributed by atoms with E-state index in [2.05, 4.69) is 4.72 Å². The van der Waals surface area contributed by atoms with E-state index in [9.17, 15) is 9.00 Å². The van der Waals surface area contributed by atoms with Gasteiger partial charge in [0, 0.05) is 13.1 Å². The third-order valence-electron chi connectivity index (χ3n) is 3.16. The number of rotatable bonds is 5. The molecular weight excluding hydrogens is 264 g/mol. The van der Waals surface area contributed by atoms with Crippen molar-refractivity contribution in [1.29, 1.82) is 0 Å². The molecule has 104 valence electrons. The summed E-state index contributed by atoms with van der Waals surface area (Å²) in [4.78, 5) is 14.3. The molecule has 1 fully saturated rings. The monoisotopic (exact) mass is 282 g/mol. The van der Waals surface area contributed by atoms with E-state index < -0.39 is 17.3 Å². The van der Waals surface area contributed by atoms with E-state index in [0.29, 0.717) is 0 Å². The van der Waals surface area contributed by atoms with Crippen LogP contribution in [-0.2, 0) is 20.2 Å². The molecule has 1 aliphatic rings. The lowest BCUT2D eigenvalue weighted by molar-refractivity contribution is -0.132. The van der Waals surface area contributed by atoms with Gasteiger partial charge in [-0.05, 0) is 18.4 Å². The van der Waals surface area contributed by atoms with Crippen LogP contribution in [-0.4, -0.2) is 35.2 Å². The summed E-state index contributed by atoms with van der Waals surface area (Å²) < 4.78 is 18.9. The second-order valence-electron chi connectivity index (χ2n) is 4.40. The zero-order chi connectivity index (χ0) is 13.7. The molecule has 0 radical (unpaired) electrons. The average Bonchev–Trinajstić information content (AvgIpc) is 2.99. The van der Waals surface area contributed by atoms with Crippen molar-refractivity contribution >= 4 is 17.2 Å². The predicted molar refractivity (Wildman–Crippen MR) is 73.3 cm³/mol. The summed E-state index contributed by atoms with van der Waals surface area (Å²) in [6.45, 7) is 1.53. The number of carbonyl (C=O) groups is 1. The highest BCUT2D eigenvalue weighted by Gasteiger charge is 2.28.